The highest BCUT2D eigenvalue weighted by Crippen LogP contribution is 2.32. The van der Waals surface area contributed by atoms with Gasteiger partial charge < -0.3 is 5.73 Å². The maximum Gasteiger partial charge on any atom is 0.266 e. The molecule has 0 saturated heterocycles. The Balaban J connectivity index is 2.17. The number of carbonyl (C=O) groups is 2. The monoisotopic (exact) mass is 341 g/mol. The lowest BCUT2D eigenvalue weighted by atomic mass is 10.1. The summed E-state index contributed by atoms with van der Waals surface area (Å²) in [6.45, 7) is 0. The van der Waals surface area contributed by atoms with E-state index in [-0.39, 0.29) is 11.3 Å². The molecule has 5 nitrogen and oxygen atoms in total. The third kappa shape index (κ3) is 1.99. The fourth-order valence-electron chi connectivity index (χ4n) is 2.27. The quantitative estimate of drug-likeness (QED) is 0.638. The van der Waals surface area contributed by atoms with Gasteiger partial charge in [-0.15, -0.1) is 0 Å². The van der Waals surface area contributed by atoms with Crippen LogP contribution in [-0.2, 0) is 0 Å². The number of nitrogens with zero attached hydrogens (tertiary/aromatic N) is 2. The maximum atomic E-state index is 12.5. The molecular weight excluding hydrogens is 334 g/mol. The van der Waals surface area contributed by atoms with E-state index in [1.165, 1.54) is 12.1 Å². The number of nitriles is 1. The molecule has 0 aromatic heterocycles. The van der Waals surface area contributed by atoms with E-state index in [0.717, 1.165) is 4.90 Å². The Morgan fingerprint density at radius 2 is 1.76 bits per heavy atom. The zero-order chi connectivity index (χ0) is 15.1. The molecule has 0 fully saturated rings. The first-order valence-corrected chi connectivity index (χ1v) is 6.80. The summed E-state index contributed by atoms with van der Waals surface area (Å²) in [6.07, 6.45) is 0. The minimum Gasteiger partial charge on any atom is -0.399 e. The molecule has 0 aliphatic carbocycles. The number of nitrogens with two attached hydrogens (primary N) is 1. The smallest absolute Gasteiger partial charge is 0.266 e. The van der Waals surface area contributed by atoms with E-state index in [1.807, 2.05) is 6.07 Å². The molecule has 2 N–H and O–H groups in total. The van der Waals surface area contributed by atoms with Gasteiger partial charge in [0.05, 0.1) is 22.4 Å². The molecule has 21 heavy (non-hydrogen) atoms. The summed E-state index contributed by atoms with van der Waals surface area (Å²) in [5, 5.41) is 9.17. The minimum absolute atomic E-state index is 0.184. The highest BCUT2D eigenvalue weighted by Gasteiger charge is 2.37. The van der Waals surface area contributed by atoms with Crippen LogP contribution in [0.15, 0.2) is 40.9 Å². The number of hydrogen-bond donors (Lipinski definition) is 1. The van der Waals surface area contributed by atoms with Crippen LogP contribution in [-0.4, -0.2) is 11.8 Å². The zero-order valence-corrected chi connectivity index (χ0v) is 12.2. The lowest BCUT2D eigenvalue weighted by Gasteiger charge is -2.15. The Bertz CT molecular complexity index is 839. The molecule has 2 aromatic rings. The first-order valence-electron chi connectivity index (χ1n) is 6.01. The number of benzene rings is 2. The van der Waals surface area contributed by atoms with Crippen LogP contribution in [0.25, 0.3) is 0 Å². The number of rotatable bonds is 1. The average molecular weight is 342 g/mol. The molecule has 2 amide bonds. The Morgan fingerprint density at radius 3 is 2.48 bits per heavy atom. The molecule has 0 radical (unpaired) electrons. The Kier molecular flexibility index (Phi) is 3.00. The Hall–Kier alpha value is -2.65. The summed E-state index contributed by atoms with van der Waals surface area (Å²) in [5.41, 5.74) is 7.09. The summed E-state index contributed by atoms with van der Waals surface area (Å²) in [5.74, 6) is -0.888. The van der Waals surface area contributed by atoms with Crippen molar-refractivity contribution in [3.63, 3.8) is 0 Å². The molecule has 6 heteroatoms. The van der Waals surface area contributed by atoms with E-state index in [0.29, 0.717) is 21.3 Å². The molecular formula is C15H8BrN3O2. The molecule has 0 unspecified atom stereocenters. The topological polar surface area (TPSA) is 87.2 Å². The van der Waals surface area contributed by atoms with Crippen LogP contribution in [0.2, 0.25) is 0 Å². The third-order valence-corrected chi connectivity index (χ3v) is 3.72. The SMILES string of the molecule is N#Cc1cc(N)ccc1N1C(=O)c2ccc(Br)cc2C1=O. The van der Waals surface area contributed by atoms with Crippen LogP contribution in [0.4, 0.5) is 11.4 Å². The molecule has 1 heterocycles. The maximum absolute atomic E-state index is 12.5. The van der Waals surface area contributed by atoms with Crippen molar-refractivity contribution in [1.82, 2.24) is 0 Å². The second-order valence-corrected chi connectivity index (χ2v) is 5.44. The largest absolute Gasteiger partial charge is 0.399 e. The molecule has 3 rings (SSSR count). The van der Waals surface area contributed by atoms with Crippen LogP contribution in [0.1, 0.15) is 26.3 Å². The predicted molar refractivity (Wildman–Crippen MR) is 80.9 cm³/mol. The summed E-state index contributed by atoms with van der Waals surface area (Å²) in [7, 11) is 0. The van der Waals surface area contributed by atoms with Crippen molar-refractivity contribution >= 4 is 39.1 Å². The van der Waals surface area contributed by atoms with Crippen molar-refractivity contribution < 1.29 is 9.59 Å². The van der Waals surface area contributed by atoms with Crippen molar-refractivity contribution in [2.75, 3.05) is 10.6 Å². The van der Waals surface area contributed by atoms with E-state index in [1.54, 1.807) is 24.3 Å². The van der Waals surface area contributed by atoms with Crippen LogP contribution < -0.4 is 10.6 Å². The van der Waals surface area contributed by atoms with Gasteiger partial charge in [-0.3, -0.25) is 9.59 Å². The summed E-state index contributed by atoms with van der Waals surface area (Å²) in [4.78, 5) is 25.9. The number of nitrogen functional groups attached to an aromatic ring is 1. The summed E-state index contributed by atoms with van der Waals surface area (Å²) < 4.78 is 0.710. The van der Waals surface area contributed by atoms with Crippen LogP contribution in [0.3, 0.4) is 0 Å². The second-order valence-electron chi connectivity index (χ2n) is 4.52. The number of imide groups is 1. The average Bonchev–Trinajstić information content (AvgIpc) is 2.71. The van der Waals surface area contributed by atoms with Crippen LogP contribution in [0.5, 0.6) is 0 Å². The van der Waals surface area contributed by atoms with Gasteiger partial charge in [-0.05, 0) is 36.4 Å². The molecule has 1 aliphatic rings. The molecule has 0 spiro atoms. The van der Waals surface area contributed by atoms with Gasteiger partial charge in [-0.25, -0.2) is 4.90 Å². The number of amides is 2. The van der Waals surface area contributed by atoms with Crippen LogP contribution in [0, 0.1) is 11.3 Å². The molecule has 2 aromatic carbocycles. The van der Waals surface area contributed by atoms with Gasteiger partial charge in [0.25, 0.3) is 11.8 Å². The first kappa shape index (κ1) is 13.3. The molecule has 0 bridgehead atoms. The van der Waals surface area contributed by atoms with Gasteiger partial charge in [0.15, 0.2) is 0 Å². The second kappa shape index (κ2) is 4.72. The lowest BCUT2D eigenvalue weighted by Crippen LogP contribution is -2.30. The van der Waals surface area contributed by atoms with Gasteiger partial charge in [-0.1, -0.05) is 15.9 Å². The third-order valence-electron chi connectivity index (χ3n) is 3.23. The van der Waals surface area contributed by atoms with E-state index in [2.05, 4.69) is 15.9 Å². The normalized spacial score (nSPS) is 13.2. The number of carbonyl (C=O) groups excluding carboxylic acids is 2. The van der Waals surface area contributed by atoms with E-state index >= 15 is 0 Å². The van der Waals surface area contributed by atoms with E-state index in [9.17, 15) is 14.9 Å². The number of anilines is 2. The highest BCUT2D eigenvalue weighted by atomic mass is 79.9. The molecule has 1 aliphatic heterocycles. The Labute approximate surface area is 128 Å². The van der Waals surface area contributed by atoms with Crippen molar-refractivity contribution in [1.29, 1.82) is 5.26 Å². The Morgan fingerprint density at radius 1 is 1.05 bits per heavy atom. The molecule has 102 valence electrons. The number of hydrogen-bond acceptors (Lipinski definition) is 4. The number of fused-ring (bicyclic) bond motifs is 1. The van der Waals surface area contributed by atoms with Crippen molar-refractivity contribution in [2.24, 2.45) is 0 Å². The number of halogens is 1. The standard InChI is InChI=1S/C15H8BrN3O2/c16-9-1-3-11-12(6-9)15(21)19(14(11)20)13-4-2-10(18)5-8(13)7-17/h1-6H,18H2. The van der Waals surface area contributed by atoms with E-state index < -0.39 is 11.8 Å². The van der Waals surface area contributed by atoms with Crippen molar-refractivity contribution in [3.05, 3.63) is 57.6 Å². The van der Waals surface area contributed by atoms with Gasteiger partial charge in [0.2, 0.25) is 0 Å². The summed E-state index contributed by atoms with van der Waals surface area (Å²) >= 11 is 3.28. The van der Waals surface area contributed by atoms with E-state index in [4.69, 9.17) is 5.73 Å². The summed E-state index contributed by atoms with van der Waals surface area (Å²) in [6, 6.07) is 11.3. The fourth-order valence-corrected chi connectivity index (χ4v) is 2.63. The van der Waals surface area contributed by atoms with Crippen LogP contribution >= 0.6 is 15.9 Å². The molecule has 0 saturated carbocycles. The first-order chi connectivity index (χ1) is 10.0. The lowest BCUT2D eigenvalue weighted by molar-refractivity contribution is 0.0926. The fraction of sp³-hybridized carbons (Fsp3) is 0. The van der Waals surface area contributed by atoms with Gasteiger partial charge >= 0.3 is 0 Å². The van der Waals surface area contributed by atoms with Gasteiger partial charge in [0.1, 0.15) is 6.07 Å². The highest BCUT2D eigenvalue weighted by molar-refractivity contribution is 9.10. The van der Waals surface area contributed by atoms with Crippen molar-refractivity contribution in [3.8, 4) is 6.07 Å². The predicted octanol–water partition coefficient (Wildman–Crippen LogP) is 2.70. The minimum atomic E-state index is -0.447. The van der Waals surface area contributed by atoms with Crippen molar-refractivity contribution in [2.45, 2.75) is 0 Å². The van der Waals surface area contributed by atoms with Gasteiger partial charge in [-0.2, -0.15) is 5.26 Å². The zero-order valence-electron chi connectivity index (χ0n) is 10.6. The van der Waals surface area contributed by atoms with Gasteiger partial charge in [0, 0.05) is 10.2 Å². The molecule has 0 atom stereocenters.